The van der Waals surface area contributed by atoms with Crippen LogP contribution in [-0.4, -0.2) is 11.5 Å². The van der Waals surface area contributed by atoms with Crippen molar-refractivity contribution in [1.29, 1.82) is 0 Å². The fourth-order valence-electron chi connectivity index (χ4n) is 3.23. The first kappa shape index (κ1) is 14.7. The largest absolute Gasteiger partial charge is 0.309 e. The van der Waals surface area contributed by atoms with Crippen molar-refractivity contribution in [2.24, 2.45) is 0 Å². The highest BCUT2D eigenvalue weighted by Gasteiger charge is 2.24. The molecule has 2 aromatic heterocycles. The minimum Gasteiger partial charge on any atom is -0.309 e. The highest BCUT2D eigenvalue weighted by molar-refractivity contribution is 7.12. The molecule has 112 valence electrons. The van der Waals surface area contributed by atoms with Gasteiger partial charge in [0.15, 0.2) is 0 Å². The van der Waals surface area contributed by atoms with Crippen molar-refractivity contribution in [1.82, 2.24) is 10.3 Å². The van der Waals surface area contributed by atoms with Crippen LogP contribution in [0.15, 0.2) is 30.5 Å². The first-order chi connectivity index (χ1) is 10.3. The van der Waals surface area contributed by atoms with E-state index in [0.29, 0.717) is 12.0 Å². The number of hydrogen-bond donors (Lipinski definition) is 1. The molecular formula is C18H24N2S. The summed E-state index contributed by atoms with van der Waals surface area (Å²) in [6.07, 6.45) is 7.15. The molecule has 2 aromatic rings. The molecule has 0 aliphatic heterocycles. The number of nitrogens with zero attached hydrogens (tertiary/aromatic N) is 1. The van der Waals surface area contributed by atoms with Crippen LogP contribution in [0.3, 0.4) is 0 Å². The van der Waals surface area contributed by atoms with Crippen LogP contribution in [0.4, 0.5) is 0 Å². The van der Waals surface area contributed by atoms with Gasteiger partial charge < -0.3 is 5.32 Å². The van der Waals surface area contributed by atoms with Gasteiger partial charge in [0.25, 0.3) is 0 Å². The van der Waals surface area contributed by atoms with Crippen LogP contribution in [0.25, 0.3) is 0 Å². The Balaban J connectivity index is 1.88. The highest BCUT2D eigenvalue weighted by Crippen LogP contribution is 2.38. The number of aromatic nitrogens is 1. The van der Waals surface area contributed by atoms with E-state index in [1.54, 1.807) is 10.4 Å². The Morgan fingerprint density at radius 2 is 2.14 bits per heavy atom. The summed E-state index contributed by atoms with van der Waals surface area (Å²) in [4.78, 5) is 7.66. The van der Waals surface area contributed by atoms with E-state index >= 15 is 0 Å². The van der Waals surface area contributed by atoms with Gasteiger partial charge in [0.1, 0.15) is 0 Å². The molecule has 2 unspecified atom stereocenters. The summed E-state index contributed by atoms with van der Waals surface area (Å²) >= 11 is 2.02. The summed E-state index contributed by atoms with van der Waals surface area (Å²) in [5, 5.41) is 3.68. The molecule has 21 heavy (non-hydrogen) atoms. The lowest BCUT2D eigenvalue weighted by atomic mass is 9.94. The molecule has 3 rings (SSSR count). The fraction of sp³-hybridized carbons (Fsp3) is 0.500. The van der Waals surface area contributed by atoms with Crippen LogP contribution in [0.1, 0.15) is 59.7 Å². The van der Waals surface area contributed by atoms with E-state index in [1.165, 1.54) is 36.3 Å². The summed E-state index contributed by atoms with van der Waals surface area (Å²) in [5.74, 6) is 0.395. The second kappa shape index (κ2) is 6.71. The number of aryl methyl sites for hydroxylation is 2. The monoisotopic (exact) mass is 300 g/mol. The molecule has 0 radical (unpaired) electrons. The smallest absolute Gasteiger partial charge is 0.0497 e. The molecule has 0 amide bonds. The zero-order valence-electron chi connectivity index (χ0n) is 12.9. The minimum atomic E-state index is 0.375. The normalized spacial score (nSPS) is 17.2. The first-order valence-electron chi connectivity index (χ1n) is 8.05. The molecule has 1 aliphatic carbocycles. The Morgan fingerprint density at radius 1 is 1.29 bits per heavy atom. The number of pyridine rings is 1. The van der Waals surface area contributed by atoms with Gasteiger partial charge in [-0.15, -0.1) is 11.3 Å². The van der Waals surface area contributed by atoms with E-state index in [4.69, 9.17) is 0 Å². The molecule has 2 atom stereocenters. The molecular weight excluding hydrogens is 276 g/mol. The van der Waals surface area contributed by atoms with Gasteiger partial charge in [-0.25, -0.2) is 0 Å². The molecule has 0 saturated heterocycles. The molecule has 0 spiro atoms. The van der Waals surface area contributed by atoms with Gasteiger partial charge in [-0.1, -0.05) is 19.9 Å². The summed E-state index contributed by atoms with van der Waals surface area (Å²) in [6.45, 7) is 5.46. The Bertz CT molecular complexity index is 553. The average molecular weight is 300 g/mol. The van der Waals surface area contributed by atoms with Gasteiger partial charge in [0.05, 0.1) is 0 Å². The van der Waals surface area contributed by atoms with Gasteiger partial charge in [-0.05, 0) is 56.0 Å². The molecule has 0 fully saturated rings. The SMILES string of the molecule is CCNC(c1cc2c(s1)CCCC2)C(C)c1ccccn1. The second-order valence-corrected chi connectivity index (χ2v) is 7.05. The van der Waals surface area contributed by atoms with Crippen LogP contribution >= 0.6 is 11.3 Å². The van der Waals surface area contributed by atoms with E-state index in [2.05, 4.69) is 42.3 Å². The van der Waals surface area contributed by atoms with Gasteiger partial charge >= 0.3 is 0 Å². The Labute approximate surface area is 131 Å². The Kier molecular flexibility index (Phi) is 4.71. The topological polar surface area (TPSA) is 24.9 Å². The predicted octanol–water partition coefficient (Wildman–Crippen LogP) is 4.48. The summed E-state index contributed by atoms with van der Waals surface area (Å²) < 4.78 is 0. The first-order valence-corrected chi connectivity index (χ1v) is 8.87. The van der Waals surface area contributed by atoms with Crippen LogP contribution in [0.5, 0.6) is 0 Å². The lowest BCUT2D eigenvalue weighted by Crippen LogP contribution is -2.25. The molecule has 2 nitrogen and oxygen atoms in total. The fourth-order valence-corrected chi connectivity index (χ4v) is 4.67. The number of rotatable bonds is 5. The molecule has 0 aromatic carbocycles. The van der Waals surface area contributed by atoms with E-state index < -0.39 is 0 Å². The standard InChI is InChI=1S/C18H24N2S/c1-3-19-18(13(2)15-9-6-7-11-20-15)17-12-14-8-4-5-10-16(14)21-17/h6-7,9,11-13,18-19H,3-5,8,10H2,1-2H3. The zero-order valence-corrected chi connectivity index (χ0v) is 13.7. The molecule has 1 aliphatic rings. The van der Waals surface area contributed by atoms with E-state index in [9.17, 15) is 0 Å². The number of nitrogens with one attached hydrogen (secondary N) is 1. The highest BCUT2D eigenvalue weighted by atomic mass is 32.1. The Hall–Kier alpha value is -1.19. The third-order valence-electron chi connectivity index (χ3n) is 4.40. The van der Waals surface area contributed by atoms with E-state index in [-0.39, 0.29) is 0 Å². The quantitative estimate of drug-likeness (QED) is 0.881. The van der Waals surface area contributed by atoms with Crippen molar-refractivity contribution in [2.45, 2.75) is 51.5 Å². The third kappa shape index (κ3) is 3.19. The Morgan fingerprint density at radius 3 is 2.86 bits per heavy atom. The van der Waals surface area contributed by atoms with Crippen LogP contribution in [-0.2, 0) is 12.8 Å². The van der Waals surface area contributed by atoms with Crippen LogP contribution < -0.4 is 5.32 Å². The van der Waals surface area contributed by atoms with Crippen molar-refractivity contribution in [2.75, 3.05) is 6.54 Å². The summed E-state index contributed by atoms with van der Waals surface area (Å²) in [7, 11) is 0. The number of hydrogen-bond acceptors (Lipinski definition) is 3. The predicted molar refractivity (Wildman–Crippen MR) is 90.0 cm³/mol. The van der Waals surface area contributed by atoms with Gasteiger partial charge in [0, 0.05) is 33.6 Å². The lowest BCUT2D eigenvalue weighted by Gasteiger charge is -2.23. The summed E-state index contributed by atoms with van der Waals surface area (Å²) in [5.41, 5.74) is 2.77. The molecule has 0 saturated carbocycles. The van der Waals surface area contributed by atoms with Gasteiger partial charge in [-0.3, -0.25) is 4.98 Å². The number of likely N-dealkylation sites (N-methyl/N-ethyl adjacent to an activating group) is 1. The molecule has 2 heterocycles. The maximum Gasteiger partial charge on any atom is 0.0497 e. The molecule has 3 heteroatoms. The average Bonchev–Trinajstić information content (AvgIpc) is 2.96. The third-order valence-corrected chi connectivity index (χ3v) is 5.72. The van der Waals surface area contributed by atoms with Crippen molar-refractivity contribution in [3.05, 3.63) is 51.5 Å². The maximum absolute atomic E-state index is 4.55. The van der Waals surface area contributed by atoms with Crippen molar-refractivity contribution in [3.8, 4) is 0 Å². The van der Waals surface area contributed by atoms with Crippen molar-refractivity contribution in [3.63, 3.8) is 0 Å². The number of thiophene rings is 1. The van der Waals surface area contributed by atoms with E-state index in [1.807, 2.05) is 23.6 Å². The van der Waals surface area contributed by atoms with Crippen molar-refractivity contribution < 1.29 is 0 Å². The maximum atomic E-state index is 4.55. The van der Waals surface area contributed by atoms with Crippen LogP contribution in [0.2, 0.25) is 0 Å². The number of fused-ring (bicyclic) bond motifs is 1. The van der Waals surface area contributed by atoms with Gasteiger partial charge in [0.2, 0.25) is 0 Å². The minimum absolute atomic E-state index is 0.375. The summed E-state index contributed by atoms with van der Waals surface area (Å²) in [6, 6.07) is 9.04. The lowest BCUT2D eigenvalue weighted by molar-refractivity contribution is 0.478. The molecule has 1 N–H and O–H groups in total. The van der Waals surface area contributed by atoms with Crippen molar-refractivity contribution >= 4 is 11.3 Å². The second-order valence-electron chi connectivity index (χ2n) is 5.88. The van der Waals surface area contributed by atoms with Crippen LogP contribution in [0, 0.1) is 0 Å². The molecule has 0 bridgehead atoms. The van der Waals surface area contributed by atoms with E-state index in [0.717, 1.165) is 6.54 Å². The zero-order chi connectivity index (χ0) is 14.7. The van der Waals surface area contributed by atoms with Gasteiger partial charge in [-0.2, -0.15) is 0 Å².